The second-order valence-corrected chi connectivity index (χ2v) is 6.48. The smallest absolute Gasteiger partial charge is 0.0366 e. The van der Waals surface area contributed by atoms with Crippen molar-refractivity contribution >= 4 is 5.69 Å². The maximum Gasteiger partial charge on any atom is 0.0366 e. The van der Waals surface area contributed by atoms with Crippen molar-refractivity contribution in [2.45, 2.75) is 40.0 Å². The van der Waals surface area contributed by atoms with Crippen LogP contribution in [0.2, 0.25) is 0 Å². The number of nitrogens with two attached hydrogens (primary N) is 1. The molecule has 1 aliphatic rings. The molecule has 0 aliphatic carbocycles. The third kappa shape index (κ3) is 3.30. The number of nitrogens with zero attached hydrogens (tertiary/aromatic N) is 1. The average Bonchev–Trinajstić information content (AvgIpc) is 2.41. The van der Waals surface area contributed by atoms with E-state index >= 15 is 0 Å². The highest BCUT2D eigenvalue weighted by molar-refractivity contribution is 5.48. The molecule has 2 N–H and O–H groups in total. The summed E-state index contributed by atoms with van der Waals surface area (Å²) >= 11 is 0. The fourth-order valence-corrected chi connectivity index (χ4v) is 3.09. The lowest BCUT2D eigenvalue weighted by Gasteiger charge is -2.45. The Hall–Kier alpha value is -1.02. The topological polar surface area (TPSA) is 29.3 Å². The number of piperidine rings is 1. The van der Waals surface area contributed by atoms with Gasteiger partial charge in [0.25, 0.3) is 0 Å². The number of benzene rings is 1. The molecule has 19 heavy (non-hydrogen) atoms. The van der Waals surface area contributed by atoms with E-state index in [1.165, 1.54) is 24.2 Å². The van der Waals surface area contributed by atoms with Gasteiger partial charge in [0, 0.05) is 18.8 Å². The third-order valence-electron chi connectivity index (χ3n) is 4.80. The molecular weight excluding hydrogens is 232 g/mol. The number of rotatable bonds is 4. The summed E-state index contributed by atoms with van der Waals surface area (Å²) < 4.78 is 0. The summed E-state index contributed by atoms with van der Waals surface area (Å²) in [5, 5.41) is 0. The summed E-state index contributed by atoms with van der Waals surface area (Å²) in [5.41, 5.74) is 9.00. The maximum absolute atomic E-state index is 5.78. The van der Waals surface area contributed by atoms with E-state index in [-0.39, 0.29) is 0 Å². The van der Waals surface area contributed by atoms with Crippen LogP contribution < -0.4 is 10.6 Å². The van der Waals surface area contributed by atoms with Crippen LogP contribution in [0.15, 0.2) is 24.3 Å². The Morgan fingerprint density at radius 1 is 1.26 bits per heavy atom. The van der Waals surface area contributed by atoms with Crippen molar-refractivity contribution in [3.63, 3.8) is 0 Å². The predicted octanol–water partition coefficient (Wildman–Crippen LogP) is 3.45. The van der Waals surface area contributed by atoms with Crippen molar-refractivity contribution in [3.05, 3.63) is 29.8 Å². The molecule has 1 atom stereocenters. The van der Waals surface area contributed by atoms with E-state index in [2.05, 4.69) is 49.9 Å². The van der Waals surface area contributed by atoms with Gasteiger partial charge in [-0.1, -0.05) is 32.9 Å². The van der Waals surface area contributed by atoms with Gasteiger partial charge in [0.1, 0.15) is 0 Å². The van der Waals surface area contributed by atoms with Gasteiger partial charge in [-0.25, -0.2) is 0 Å². The Morgan fingerprint density at radius 2 is 1.95 bits per heavy atom. The highest BCUT2D eigenvalue weighted by Crippen LogP contribution is 2.38. The molecule has 2 rings (SSSR count). The first kappa shape index (κ1) is 14.4. The van der Waals surface area contributed by atoms with E-state index in [0.717, 1.165) is 25.9 Å². The first-order chi connectivity index (χ1) is 9.06. The zero-order valence-corrected chi connectivity index (χ0v) is 12.7. The van der Waals surface area contributed by atoms with Crippen LogP contribution in [0.4, 0.5) is 5.69 Å². The normalized spacial score (nSPS) is 22.5. The average molecular weight is 260 g/mol. The van der Waals surface area contributed by atoms with Crippen LogP contribution in [0.1, 0.15) is 39.2 Å². The molecule has 1 aromatic rings. The monoisotopic (exact) mass is 260 g/mol. The van der Waals surface area contributed by atoms with Crippen molar-refractivity contribution < 1.29 is 0 Å². The van der Waals surface area contributed by atoms with Crippen molar-refractivity contribution in [2.75, 3.05) is 24.5 Å². The largest absolute Gasteiger partial charge is 0.371 e. The zero-order chi connectivity index (χ0) is 13.9. The number of hydrogen-bond donors (Lipinski definition) is 1. The summed E-state index contributed by atoms with van der Waals surface area (Å²) in [6, 6.07) is 9.06. The third-order valence-corrected chi connectivity index (χ3v) is 4.80. The quantitative estimate of drug-likeness (QED) is 0.898. The molecule has 2 heteroatoms. The molecule has 1 aromatic carbocycles. The van der Waals surface area contributed by atoms with Gasteiger partial charge in [0.05, 0.1) is 0 Å². The highest BCUT2D eigenvalue weighted by Gasteiger charge is 2.34. The van der Waals surface area contributed by atoms with Gasteiger partial charge in [-0.2, -0.15) is 0 Å². The van der Waals surface area contributed by atoms with E-state index in [0.29, 0.717) is 11.3 Å². The summed E-state index contributed by atoms with van der Waals surface area (Å²) in [6.07, 6.45) is 3.51. The van der Waals surface area contributed by atoms with Gasteiger partial charge < -0.3 is 10.6 Å². The standard InChI is InChI=1S/C17H28N2/c1-4-14-5-7-16(8-6-14)19-12-10-17(2,3)15(13-19)9-11-18/h5-8,15H,4,9-13,18H2,1-3H3. The predicted molar refractivity (Wildman–Crippen MR) is 83.6 cm³/mol. The first-order valence-electron chi connectivity index (χ1n) is 7.61. The van der Waals surface area contributed by atoms with Crippen molar-refractivity contribution in [2.24, 2.45) is 17.1 Å². The molecule has 0 spiro atoms. The number of anilines is 1. The fourth-order valence-electron chi connectivity index (χ4n) is 3.09. The van der Waals surface area contributed by atoms with Crippen LogP contribution in [-0.2, 0) is 6.42 Å². The molecule has 2 nitrogen and oxygen atoms in total. The second kappa shape index (κ2) is 5.96. The number of aryl methyl sites for hydroxylation is 1. The summed E-state index contributed by atoms with van der Waals surface area (Å²) in [5.74, 6) is 0.706. The Morgan fingerprint density at radius 3 is 2.53 bits per heavy atom. The van der Waals surface area contributed by atoms with Crippen molar-refractivity contribution in [3.8, 4) is 0 Å². The van der Waals surface area contributed by atoms with E-state index in [9.17, 15) is 0 Å². The van der Waals surface area contributed by atoms with Crippen LogP contribution in [0, 0.1) is 11.3 Å². The van der Waals surface area contributed by atoms with Crippen LogP contribution >= 0.6 is 0 Å². The summed E-state index contributed by atoms with van der Waals surface area (Å²) in [4.78, 5) is 2.53. The van der Waals surface area contributed by atoms with Crippen LogP contribution in [0.5, 0.6) is 0 Å². The minimum Gasteiger partial charge on any atom is -0.371 e. The molecule has 1 saturated heterocycles. The summed E-state index contributed by atoms with van der Waals surface area (Å²) in [6.45, 7) is 10.1. The number of hydrogen-bond acceptors (Lipinski definition) is 2. The fraction of sp³-hybridized carbons (Fsp3) is 0.647. The first-order valence-corrected chi connectivity index (χ1v) is 7.61. The molecule has 1 aliphatic heterocycles. The van der Waals surface area contributed by atoms with Crippen LogP contribution in [0.25, 0.3) is 0 Å². The Balaban J connectivity index is 2.09. The molecule has 0 bridgehead atoms. The van der Waals surface area contributed by atoms with Crippen LogP contribution in [0.3, 0.4) is 0 Å². The molecule has 1 fully saturated rings. The highest BCUT2D eigenvalue weighted by atomic mass is 15.1. The van der Waals surface area contributed by atoms with E-state index < -0.39 is 0 Å². The molecule has 0 saturated carbocycles. The minimum atomic E-state index is 0.430. The van der Waals surface area contributed by atoms with Gasteiger partial charge in [0.15, 0.2) is 0 Å². The van der Waals surface area contributed by atoms with Crippen molar-refractivity contribution in [1.29, 1.82) is 0 Å². The molecule has 0 radical (unpaired) electrons. The molecular formula is C17H28N2. The second-order valence-electron chi connectivity index (χ2n) is 6.48. The van der Waals surface area contributed by atoms with E-state index in [1.807, 2.05) is 0 Å². The SMILES string of the molecule is CCc1ccc(N2CCC(C)(C)C(CCN)C2)cc1. The van der Waals surface area contributed by atoms with Gasteiger partial charge in [0.2, 0.25) is 0 Å². The zero-order valence-electron chi connectivity index (χ0n) is 12.7. The molecule has 0 aromatic heterocycles. The molecule has 106 valence electrons. The molecule has 1 unspecified atom stereocenters. The van der Waals surface area contributed by atoms with Gasteiger partial charge >= 0.3 is 0 Å². The van der Waals surface area contributed by atoms with E-state index in [1.54, 1.807) is 0 Å². The Kier molecular flexibility index (Phi) is 4.51. The molecule has 0 amide bonds. The minimum absolute atomic E-state index is 0.430. The van der Waals surface area contributed by atoms with Gasteiger partial charge in [-0.3, -0.25) is 0 Å². The van der Waals surface area contributed by atoms with Crippen LogP contribution in [-0.4, -0.2) is 19.6 Å². The Bertz CT molecular complexity index is 394. The molecule has 1 heterocycles. The lowest BCUT2D eigenvalue weighted by Crippen LogP contribution is -2.45. The van der Waals surface area contributed by atoms with Gasteiger partial charge in [-0.15, -0.1) is 0 Å². The summed E-state index contributed by atoms with van der Waals surface area (Å²) in [7, 11) is 0. The van der Waals surface area contributed by atoms with Crippen molar-refractivity contribution in [1.82, 2.24) is 0 Å². The lowest BCUT2D eigenvalue weighted by molar-refractivity contribution is 0.163. The van der Waals surface area contributed by atoms with E-state index in [4.69, 9.17) is 5.73 Å². The van der Waals surface area contributed by atoms with Gasteiger partial charge in [-0.05, 0) is 54.8 Å². The Labute approximate surface area is 118 Å². The maximum atomic E-state index is 5.78. The lowest BCUT2D eigenvalue weighted by atomic mass is 9.72.